The lowest BCUT2D eigenvalue weighted by Crippen LogP contribution is -2.10. The molecule has 0 radical (unpaired) electrons. The molecule has 4 heteroatoms. The number of aromatic nitrogens is 1. The molecule has 0 spiro atoms. The number of hydrogen-bond donors (Lipinski definition) is 0. The molecule has 10 aromatic rings. The van der Waals surface area contributed by atoms with Crippen molar-refractivity contribution in [3.63, 3.8) is 0 Å². The summed E-state index contributed by atoms with van der Waals surface area (Å²) in [5, 5.41) is 4.64. The Kier molecular flexibility index (Phi) is 6.78. The van der Waals surface area contributed by atoms with E-state index in [9.17, 15) is 0 Å². The van der Waals surface area contributed by atoms with Gasteiger partial charge in [0.25, 0.3) is 0 Å². The molecule has 51 heavy (non-hydrogen) atoms. The molecule has 0 aliphatic heterocycles. The fraction of sp³-hybridized carbons (Fsp3) is 0. The number of fused-ring (bicyclic) bond motifs is 5. The summed E-state index contributed by atoms with van der Waals surface area (Å²) in [6, 6.07) is 63.5. The van der Waals surface area contributed by atoms with Crippen LogP contribution in [0, 0.1) is 0 Å². The molecule has 240 valence electrons. The Morgan fingerprint density at radius 2 is 1.02 bits per heavy atom. The zero-order valence-corrected chi connectivity index (χ0v) is 27.5. The van der Waals surface area contributed by atoms with Crippen LogP contribution in [0.2, 0.25) is 0 Å². The van der Waals surface area contributed by atoms with Crippen LogP contribution in [0.4, 0.5) is 17.1 Å². The zero-order valence-electron chi connectivity index (χ0n) is 27.5. The molecule has 0 aliphatic rings. The summed E-state index contributed by atoms with van der Waals surface area (Å²) in [5.41, 5.74) is 11.9. The Balaban J connectivity index is 1.11. The number of para-hydroxylation sites is 2. The first-order chi connectivity index (χ1) is 25.3. The first-order valence-electron chi connectivity index (χ1n) is 17.1. The number of hydrogen-bond acceptors (Lipinski definition) is 4. The molecule has 0 atom stereocenters. The lowest BCUT2D eigenvalue weighted by Gasteiger charge is -2.26. The second kappa shape index (κ2) is 11.9. The number of rotatable bonds is 6. The summed E-state index contributed by atoms with van der Waals surface area (Å²) in [6.45, 7) is 0. The summed E-state index contributed by atoms with van der Waals surface area (Å²) in [6.07, 6.45) is 0. The number of benzene rings is 8. The van der Waals surface area contributed by atoms with Gasteiger partial charge in [0.05, 0.1) is 0 Å². The molecule has 2 aromatic heterocycles. The van der Waals surface area contributed by atoms with Crippen LogP contribution in [0.15, 0.2) is 191 Å². The Hall–Kier alpha value is -6.91. The van der Waals surface area contributed by atoms with E-state index < -0.39 is 0 Å². The van der Waals surface area contributed by atoms with Crippen LogP contribution in [-0.2, 0) is 0 Å². The van der Waals surface area contributed by atoms with Gasteiger partial charge in [-0.05, 0) is 94.2 Å². The molecule has 0 fully saturated rings. The van der Waals surface area contributed by atoms with Crippen LogP contribution in [0.1, 0.15) is 0 Å². The molecule has 0 saturated carbocycles. The molecule has 10 rings (SSSR count). The third kappa shape index (κ3) is 5.04. The van der Waals surface area contributed by atoms with Gasteiger partial charge in [0.15, 0.2) is 5.58 Å². The quantitative estimate of drug-likeness (QED) is 0.179. The lowest BCUT2D eigenvalue weighted by molar-refractivity contribution is 0.620. The second-order valence-corrected chi connectivity index (χ2v) is 12.8. The number of oxazole rings is 1. The number of anilines is 3. The fourth-order valence-corrected chi connectivity index (χ4v) is 7.27. The summed E-state index contributed by atoms with van der Waals surface area (Å²) < 4.78 is 12.4. The Bertz CT molecular complexity index is 2860. The maximum absolute atomic E-state index is 6.21. The molecule has 0 aliphatic carbocycles. The highest BCUT2D eigenvalue weighted by Crippen LogP contribution is 2.41. The third-order valence-corrected chi connectivity index (χ3v) is 9.70. The van der Waals surface area contributed by atoms with Gasteiger partial charge in [-0.1, -0.05) is 115 Å². The Morgan fingerprint density at radius 3 is 1.92 bits per heavy atom. The maximum Gasteiger partial charge on any atom is 0.227 e. The summed E-state index contributed by atoms with van der Waals surface area (Å²) in [5.74, 6) is 0.620. The molecule has 8 aromatic carbocycles. The molecular formula is C47H30N2O2. The normalized spacial score (nSPS) is 11.5. The first kappa shape index (κ1) is 29.0. The largest absolute Gasteiger partial charge is 0.456 e. The smallest absolute Gasteiger partial charge is 0.227 e. The van der Waals surface area contributed by atoms with Gasteiger partial charge in [-0.2, -0.15) is 0 Å². The van der Waals surface area contributed by atoms with Gasteiger partial charge in [-0.15, -0.1) is 0 Å². The van der Waals surface area contributed by atoms with Gasteiger partial charge in [0.2, 0.25) is 5.89 Å². The van der Waals surface area contributed by atoms with Crippen molar-refractivity contribution >= 4 is 60.9 Å². The third-order valence-electron chi connectivity index (χ3n) is 9.70. The van der Waals surface area contributed by atoms with Crippen LogP contribution in [0.5, 0.6) is 0 Å². The van der Waals surface area contributed by atoms with Crippen molar-refractivity contribution in [1.29, 1.82) is 0 Å². The van der Waals surface area contributed by atoms with Crippen LogP contribution in [0.25, 0.3) is 77.5 Å². The van der Waals surface area contributed by atoms with Crippen molar-refractivity contribution < 1.29 is 8.83 Å². The Labute approximate surface area is 294 Å². The van der Waals surface area contributed by atoms with Crippen molar-refractivity contribution in [2.24, 2.45) is 0 Å². The lowest BCUT2D eigenvalue weighted by atomic mass is 9.97. The van der Waals surface area contributed by atoms with Gasteiger partial charge < -0.3 is 13.7 Å². The van der Waals surface area contributed by atoms with E-state index in [-0.39, 0.29) is 0 Å². The second-order valence-electron chi connectivity index (χ2n) is 12.8. The van der Waals surface area contributed by atoms with Crippen LogP contribution < -0.4 is 4.90 Å². The Morgan fingerprint density at radius 1 is 0.373 bits per heavy atom. The van der Waals surface area contributed by atoms with Gasteiger partial charge in [0, 0.05) is 39.0 Å². The molecule has 4 nitrogen and oxygen atoms in total. The summed E-state index contributed by atoms with van der Waals surface area (Å²) in [7, 11) is 0. The summed E-state index contributed by atoms with van der Waals surface area (Å²) >= 11 is 0. The van der Waals surface area contributed by atoms with E-state index in [4.69, 9.17) is 13.8 Å². The minimum absolute atomic E-state index is 0.620. The van der Waals surface area contributed by atoms with Crippen LogP contribution in [0.3, 0.4) is 0 Å². The van der Waals surface area contributed by atoms with Crippen molar-refractivity contribution in [3.8, 4) is 33.7 Å². The van der Waals surface area contributed by atoms with E-state index in [1.165, 1.54) is 16.3 Å². The van der Waals surface area contributed by atoms with Gasteiger partial charge in [0.1, 0.15) is 16.7 Å². The number of nitrogens with zero attached hydrogens (tertiary/aromatic N) is 2. The zero-order chi connectivity index (χ0) is 33.7. The first-order valence-corrected chi connectivity index (χ1v) is 17.1. The van der Waals surface area contributed by atoms with E-state index in [1.807, 2.05) is 54.6 Å². The predicted molar refractivity (Wildman–Crippen MR) is 210 cm³/mol. The topological polar surface area (TPSA) is 42.4 Å². The molecule has 0 bridgehead atoms. The van der Waals surface area contributed by atoms with E-state index in [0.29, 0.717) is 5.89 Å². The van der Waals surface area contributed by atoms with Gasteiger partial charge in [-0.3, -0.25) is 0 Å². The molecule has 0 N–H and O–H groups in total. The highest BCUT2D eigenvalue weighted by Gasteiger charge is 2.18. The van der Waals surface area contributed by atoms with E-state index in [2.05, 4.69) is 132 Å². The van der Waals surface area contributed by atoms with E-state index >= 15 is 0 Å². The van der Waals surface area contributed by atoms with Crippen molar-refractivity contribution in [1.82, 2.24) is 4.98 Å². The highest BCUT2D eigenvalue weighted by molar-refractivity contribution is 6.07. The average molecular weight is 655 g/mol. The number of furan rings is 1. The van der Waals surface area contributed by atoms with Crippen molar-refractivity contribution in [2.75, 3.05) is 4.90 Å². The van der Waals surface area contributed by atoms with Crippen LogP contribution in [-0.4, -0.2) is 4.98 Å². The molecular weight excluding hydrogens is 625 g/mol. The predicted octanol–water partition coefficient (Wildman–Crippen LogP) is 13.4. The van der Waals surface area contributed by atoms with E-state index in [0.717, 1.165) is 72.4 Å². The minimum atomic E-state index is 0.620. The van der Waals surface area contributed by atoms with Crippen molar-refractivity contribution in [2.45, 2.75) is 0 Å². The van der Waals surface area contributed by atoms with E-state index in [1.54, 1.807) is 0 Å². The standard InChI is InChI=1S/C47H30N2O2/c1-2-12-33(13-3-1)47-48-46-40(20-10-22-45(46)51-47)32-23-25-35(26-24-32)49(37-27-28-44-42(30-37)41-18-6-7-21-43(41)50-44)36-16-8-15-34(29-36)39-19-9-14-31-11-4-5-17-38(31)39/h1-30H. The van der Waals surface area contributed by atoms with Crippen molar-refractivity contribution in [3.05, 3.63) is 182 Å². The van der Waals surface area contributed by atoms with Gasteiger partial charge in [-0.25, -0.2) is 4.98 Å². The van der Waals surface area contributed by atoms with Crippen LogP contribution >= 0.6 is 0 Å². The molecule has 0 amide bonds. The highest BCUT2D eigenvalue weighted by atomic mass is 16.3. The summed E-state index contributed by atoms with van der Waals surface area (Å²) in [4.78, 5) is 7.26. The fourth-order valence-electron chi connectivity index (χ4n) is 7.27. The maximum atomic E-state index is 6.21. The molecule has 0 saturated heterocycles. The monoisotopic (exact) mass is 654 g/mol. The molecule has 2 heterocycles. The van der Waals surface area contributed by atoms with Gasteiger partial charge >= 0.3 is 0 Å². The molecule has 0 unspecified atom stereocenters. The SMILES string of the molecule is c1ccc(-c2nc3c(-c4ccc(N(c5cccc(-c6cccc7ccccc67)c5)c5ccc6oc7ccccc7c6c5)cc4)cccc3o2)cc1. The minimum Gasteiger partial charge on any atom is -0.456 e. The average Bonchev–Trinajstić information content (AvgIpc) is 3.81.